The molecule has 2 aliphatic rings. The first-order valence-corrected chi connectivity index (χ1v) is 8.24. The fourth-order valence-corrected chi connectivity index (χ4v) is 3.32. The van der Waals surface area contributed by atoms with Gasteiger partial charge in [-0.1, -0.05) is 30.3 Å². The number of carbonyl (C=O) groups excluding carboxylic acids is 2. The molecular formula is C18H23NO3. The molecule has 1 unspecified atom stereocenters. The smallest absolute Gasteiger partial charge is 0.311 e. The van der Waals surface area contributed by atoms with E-state index >= 15 is 0 Å². The first-order chi connectivity index (χ1) is 10.7. The highest BCUT2D eigenvalue weighted by Gasteiger charge is 2.36. The van der Waals surface area contributed by atoms with Crippen molar-refractivity contribution in [2.45, 2.75) is 44.6 Å². The molecule has 0 radical (unpaired) electrons. The average molecular weight is 301 g/mol. The maximum Gasteiger partial charge on any atom is 0.311 e. The van der Waals surface area contributed by atoms with E-state index in [1.165, 1.54) is 5.56 Å². The molecule has 1 saturated heterocycles. The Labute approximate surface area is 131 Å². The molecule has 1 amide bonds. The maximum absolute atomic E-state index is 12.2. The van der Waals surface area contributed by atoms with Gasteiger partial charge in [-0.3, -0.25) is 9.59 Å². The molecule has 1 saturated carbocycles. The summed E-state index contributed by atoms with van der Waals surface area (Å²) < 4.78 is 5.54. The van der Waals surface area contributed by atoms with E-state index in [1.54, 1.807) is 4.90 Å². The normalized spacial score (nSPS) is 22.3. The molecule has 0 N–H and O–H groups in total. The first-order valence-electron chi connectivity index (χ1n) is 8.24. The van der Waals surface area contributed by atoms with Crippen molar-refractivity contribution < 1.29 is 14.3 Å². The Kier molecular flexibility index (Phi) is 4.76. The minimum atomic E-state index is -0.274. The fourth-order valence-electron chi connectivity index (χ4n) is 3.32. The third-order valence-corrected chi connectivity index (χ3v) is 4.65. The van der Waals surface area contributed by atoms with Crippen LogP contribution in [0.5, 0.6) is 0 Å². The van der Waals surface area contributed by atoms with Crippen molar-refractivity contribution in [3.05, 3.63) is 35.9 Å². The van der Waals surface area contributed by atoms with Gasteiger partial charge in [0.05, 0.1) is 5.92 Å². The van der Waals surface area contributed by atoms with Crippen molar-refractivity contribution in [3.8, 4) is 0 Å². The molecule has 22 heavy (non-hydrogen) atoms. The number of hydrogen-bond donors (Lipinski definition) is 0. The molecule has 4 heteroatoms. The Morgan fingerprint density at radius 2 is 1.91 bits per heavy atom. The summed E-state index contributed by atoms with van der Waals surface area (Å²) in [6.45, 7) is 1.19. The lowest BCUT2D eigenvalue weighted by molar-refractivity contribution is -0.153. The van der Waals surface area contributed by atoms with Gasteiger partial charge in [0.2, 0.25) is 5.91 Å². The van der Waals surface area contributed by atoms with Crippen molar-refractivity contribution in [2.75, 3.05) is 13.1 Å². The van der Waals surface area contributed by atoms with Crippen LogP contribution in [0.1, 0.15) is 37.7 Å². The second-order valence-electron chi connectivity index (χ2n) is 6.32. The lowest BCUT2D eigenvalue weighted by Crippen LogP contribution is -2.29. The molecule has 1 aromatic rings. The van der Waals surface area contributed by atoms with Gasteiger partial charge < -0.3 is 9.64 Å². The van der Waals surface area contributed by atoms with Crippen LogP contribution in [0.15, 0.2) is 30.3 Å². The minimum Gasteiger partial charge on any atom is -0.462 e. The molecule has 2 fully saturated rings. The van der Waals surface area contributed by atoms with Gasteiger partial charge in [-0.15, -0.1) is 0 Å². The molecule has 0 bridgehead atoms. The molecule has 4 nitrogen and oxygen atoms in total. The van der Waals surface area contributed by atoms with Crippen molar-refractivity contribution in [3.63, 3.8) is 0 Å². The SMILES string of the molecule is O=C(OC1CCCC1)C1CC(=O)N(CCc2ccccc2)C1. The highest BCUT2D eigenvalue weighted by atomic mass is 16.5. The summed E-state index contributed by atoms with van der Waals surface area (Å²) in [4.78, 5) is 26.0. The molecular weight excluding hydrogens is 278 g/mol. The number of carbonyl (C=O) groups is 2. The van der Waals surface area contributed by atoms with E-state index in [0.717, 1.165) is 32.1 Å². The Balaban J connectivity index is 1.48. The number of hydrogen-bond acceptors (Lipinski definition) is 3. The number of likely N-dealkylation sites (tertiary alicyclic amines) is 1. The van der Waals surface area contributed by atoms with Crippen LogP contribution in [0.2, 0.25) is 0 Å². The molecule has 1 aliphatic heterocycles. The van der Waals surface area contributed by atoms with Crippen LogP contribution < -0.4 is 0 Å². The number of rotatable bonds is 5. The molecule has 1 heterocycles. The van der Waals surface area contributed by atoms with E-state index in [1.807, 2.05) is 18.2 Å². The van der Waals surface area contributed by atoms with Crippen LogP contribution in [-0.4, -0.2) is 36.0 Å². The topological polar surface area (TPSA) is 46.6 Å². The van der Waals surface area contributed by atoms with Gasteiger partial charge >= 0.3 is 5.97 Å². The standard InChI is InChI=1S/C18H23NO3/c20-17-12-15(18(21)22-16-8-4-5-9-16)13-19(17)11-10-14-6-2-1-3-7-14/h1-3,6-7,15-16H,4-5,8-13H2. The average Bonchev–Trinajstić information content (AvgIpc) is 3.16. The zero-order valence-electron chi connectivity index (χ0n) is 12.9. The summed E-state index contributed by atoms with van der Waals surface area (Å²) in [6, 6.07) is 10.1. The Morgan fingerprint density at radius 3 is 2.64 bits per heavy atom. The summed E-state index contributed by atoms with van der Waals surface area (Å²) >= 11 is 0. The molecule has 118 valence electrons. The molecule has 1 aromatic carbocycles. The zero-order chi connectivity index (χ0) is 15.4. The molecule has 3 rings (SSSR count). The largest absolute Gasteiger partial charge is 0.462 e. The van der Waals surface area contributed by atoms with Gasteiger partial charge in [-0.2, -0.15) is 0 Å². The minimum absolute atomic E-state index is 0.0734. The van der Waals surface area contributed by atoms with Crippen LogP contribution in [0.3, 0.4) is 0 Å². The molecule has 0 aromatic heterocycles. The van der Waals surface area contributed by atoms with E-state index < -0.39 is 0 Å². The summed E-state index contributed by atoms with van der Waals surface area (Å²) in [5.41, 5.74) is 1.22. The third kappa shape index (κ3) is 3.67. The fraction of sp³-hybridized carbons (Fsp3) is 0.556. The third-order valence-electron chi connectivity index (χ3n) is 4.65. The van der Waals surface area contributed by atoms with Gasteiger partial charge in [0, 0.05) is 19.5 Å². The van der Waals surface area contributed by atoms with Gasteiger partial charge in [-0.25, -0.2) is 0 Å². The highest BCUT2D eigenvalue weighted by Crippen LogP contribution is 2.25. The number of nitrogens with zero attached hydrogens (tertiary/aromatic N) is 1. The first kappa shape index (κ1) is 15.1. The number of amides is 1. The van der Waals surface area contributed by atoms with Crippen LogP contribution in [0.4, 0.5) is 0 Å². The van der Waals surface area contributed by atoms with Gasteiger partial charge in [0.25, 0.3) is 0 Å². The second-order valence-corrected chi connectivity index (χ2v) is 6.32. The quantitative estimate of drug-likeness (QED) is 0.785. The predicted molar refractivity (Wildman–Crippen MR) is 83.2 cm³/mol. The van der Waals surface area contributed by atoms with Gasteiger partial charge in [0.15, 0.2) is 0 Å². The zero-order valence-corrected chi connectivity index (χ0v) is 12.9. The van der Waals surface area contributed by atoms with Crippen LogP contribution in [0, 0.1) is 5.92 Å². The van der Waals surface area contributed by atoms with Crippen molar-refractivity contribution in [1.29, 1.82) is 0 Å². The maximum atomic E-state index is 12.2. The van der Waals surface area contributed by atoms with E-state index in [2.05, 4.69) is 12.1 Å². The Hall–Kier alpha value is -1.84. The Bertz CT molecular complexity index is 522. The molecule has 1 atom stereocenters. The number of benzene rings is 1. The van der Waals surface area contributed by atoms with Gasteiger partial charge in [-0.05, 0) is 37.7 Å². The van der Waals surface area contributed by atoms with E-state index in [9.17, 15) is 9.59 Å². The molecule has 1 aliphatic carbocycles. The summed E-state index contributed by atoms with van der Waals surface area (Å²) in [7, 11) is 0. The lowest BCUT2D eigenvalue weighted by Gasteiger charge is -2.17. The van der Waals surface area contributed by atoms with Crippen LogP contribution in [0.25, 0.3) is 0 Å². The monoisotopic (exact) mass is 301 g/mol. The second kappa shape index (κ2) is 6.95. The number of ether oxygens (including phenoxy) is 1. The van der Waals surface area contributed by atoms with Gasteiger partial charge in [0.1, 0.15) is 6.10 Å². The number of esters is 1. The highest BCUT2D eigenvalue weighted by molar-refractivity contribution is 5.86. The van der Waals surface area contributed by atoms with E-state index in [4.69, 9.17) is 4.74 Å². The van der Waals surface area contributed by atoms with Crippen molar-refractivity contribution in [1.82, 2.24) is 4.90 Å². The lowest BCUT2D eigenvalue weighted by atomic mass is 10.1. The van der Waals surface area contributed by atoms with E-state index in [-0.39, 0.29) is 23.9 Å². The van der Waals surface area contributed by atoms with Crippen LogP contribution >= 0.6 is 0 Å². The summed E-state index contributed by atoms with van der Waals surface area (Å²) in [6.07, 6.45) is 5.46. The van der Waals surface area contributed by atoms with Crippen molar-refractivity contribution in [2.24, 2.45) is 5.92 Å². The van der Waals surface area contributed by atoms with E-state index in [0.29, 0.717) is 19.5 Å². The summed E-state index contributed by atoms with van der Waals surface area (Å²) in [5.74, 6) is -0.379. The summed E-state index contributed by atoms with van der Waals surface area (Å²) in [5, 5.41) is 0. The van der Waals surface area contributed by atoms with Crippen molar-refractivity contribution >= 4 is 11.9 Å². The Morgan fingerprint density at radius 1 is 1.18 bits per heavy atom. The molecule has 0 spiro atoms. The van der Waals surface area contributed by atoms with Crippen LogP contribution in [-0.2, 0) is 20.7 Å². The predicted octanol–water partition coefficient (Wildman–Crippen LogP) is 2.56.